The number of aliphatic hydroxyl groups excluding tert-OH is 3. The molecule has 220 valence electrons. The second-order valence-corrected chi connectivity index (χ2v) is 11.4. The van der Waals surface area contributed by atoms with Crippen LogP contribution in [0, 0.1) is 11.8 Å². The highest BCUT2D eigenvalue weighted by atomic mass is 16.4. The molecule has 10 heteroatoms. The molecule has 1 amide bonds. The van der Waals surface area contributed by atoms with Gasteiger partial charge in [0.15, 0.2) is 11.4 Å². The van der Waals surface area contributed by atoms with Gasteiger partial charge < -0.3 is 31.3 Å². The summed E-state index contributed by atoms with van der Waals surface area (Å²) in [6.07, 6.45) is 2.72. The number of carbonyl (C=O) groups is 3. The van der Waals surface area contributed by atoms with E-state index in [1.54, 1.807) is 31.2 Å². The van der Waals surface area contributed by atoms with Crippen molar-refractivity contribution >= 4 is 35.4 Å². The minimum Gasteiger partial charge on any atom is -0.508 e. The van der Waals surface area contributed by atoms with Gasteiger partial charge in [0, 0.05) is 17.1 Å². The van der Waals surface area contributed by atoms with Crippen molar-refractivity contribution in [2.75, 3.05) is 14.1 Å². The van der Waals surface area contributed by atoms with Crippen molar-refractivity contribution in [3.05, 3.63) is 81.1 Å². The van der Waals surface area contributed by atoms with Gasteiger partial charge in [0.25, 0.3) is 5.91 Å². The molecule has 7 N–H and O–H groups in total. The molecule has 1 fully saturated rings. The fraction of sp³-hybridized carbons (Fsp3) is 0.344. The molecule has 5 rings (SSSR count). The van der Waals surface area contributed by atoms with E-state index in [0.717, 1.165) is 12.0 Å². The quantitative estimate of drug-likeness (QED) is 0.230. The van der Waals surface area contributed by atoms with E-state index in [4.69, 9.17) is 5.73 Å². The normalized spacial score (nSPS) is 29.2. The van der Waals surface area contributed by atoms with Gasteiger partial charge >= 0.3 is 0 Å². The molecule has 1 saturated carbocycles. The summed E-state index contributed by atoms with van der Waals surface area (Å²) in [5, 5.41) is 57.3. The molecular weight excluding hydrogens is 540 g/mol. The van der Waals surface area contributed by atoms with E-state index >= 15 is 0 Å². The number of amides is 1. The Morgan fingerprint density at radius 3 is 2.26 bits per heavy atom. The summed E-state index contributed by atoms with van der Waals surface area (Å²) < 4.78 is 0. The first kappa shape index (κ1) is 29.2. The van der Waals surface area contributed by atoms with Crippen molar-refractivity contribution in [2.45, 2.75) is 43.9 Å². The molecule has 0 saturated heterocycles. The van der Waals surface area contributed by atoms with E-state index < -0.39 is 75.6 Å². The van der Waals surface area contributed by atoms with E-state index in [9.17, 15) is 39.9 Å². The lowest BCUT2D eigenvalue weighted by Gasteiger charge is -2.53. The van der Waals surface area contributed by atoms with E-state index in [-0.39, 0.29) is 11.3 Å². The fourth-order valence-corrected chi connectivity index (χ4v) is 6.82. The third-order valence-corrected chi connectivity index (χ3v) is 9.00. The number of nitrogens with two attached hydrogens (primary N) is 1. The molecule has 0 radical (unpaired) electrons. The molecule has 2 aromatic carbocycles. The molecule has 0 aliphatic heterocycles. The summed E-state index contributed by atoms with van der Waals surface area (Å²) in [5.74, 6) is -9.09. The van der Waals surface area contributed by atoms with Crippen molar-refractivity contribution in [2.24, 2.45) is 17.6 Å². The van der Waals surface area contributed by atoms with Crippen molar-refractivity contribution in [3.63, 3.8) is 0 Å². The SMILES string of the molecule is CCc1ccc(/C=C/c2ccc3c(c2O)C(O)=C2C(=O)C4(O)C(O)=C(C(N)=O)C(=O)C(N(C)C)C4C(O)C2C3C)cc1. The van der Waals surface area contributed by atoms with E-state index in [0.29, 0.717) is 11.1 Å². The summed E-state index contributed by atoms with van der Waals surface area (Å²) in [5.41, 5.74) is 3.85. The average molecular weight is 575 g/mol. The predicted molar refractivity (Wildman–Crippen MR) is 155 cm³/mol. The predicted octanol–water partition coefficient (Wildman–Crippen LogP) is 2.23. The van der Waals surface area contributed by atoms with Crippen LogP contribution in [0.4, 0.5) is 0 Å². The second-order valence-electron chi connectivity index (χ2n) is 11.4. The molecular formula is C32H34N2O8. The third-order valence-electron chi connectivity index (χ3n) is 9.00. The van der Waals surface area contributed by atoms with Crippen molar-refractivity contribution in [3.8, 4) is 5.75 Å². The highest BCUT2D eigenvalue weighted by Gasteiger charge is 2.68. The smallest absolute Gasteiger partial charge is 0.255 e. The number of benzene rings is 2. The Morgan fingerprint density at radius 2 is 1.69 bits per heavy atom. The number of aryl methyl sites for hydroxylation is 1. The van der Waals surface area contributed by atoms with Gasteiger partial charge in [-0.25, -0.2) is 0 Å². The Kier molecular flexibility index (Phi) is 7.13. The molecule has 0 bridgehead atoms. The maximum Gasteiger partial charge on any atom is 0.255 e. The standard InChI is InChI=1S/C32H34N2O8/c1-5-15-6-8-16(9-7-15)10-11-17-12-13-18-14(2)19-21(26(36)20(18)25(17)35)29(39)32(42)23(27(19)37)24(34(3)4)28(38)22(30(32)40)31(33)41/h6-14,19,23-24,27,35-37,40,42H,5H2,1-4H3,(H2,33,41)/b11-10+. The van der Waals surface area contributed by atoms with Crippen LogP contribution >= 0.6 is 0 Å². The van der Waals surface area contributed by atoms with Gasteiger partial charge in [-0.15, -0.1) is 0 Å². The fourth-order valence-electron chi connectivity index (χ4n) is 6.82. The highest BCUT2D eigenvalue weighted by Crippen LogP contribution is 2.56. The van der Waals surface area contributed by atoms with Crippen LogP contribution in [-0.2, 0) is 20.8 Å². The van der Waals surface area contributed by atoms with Gasteiger partial charge in [0.1, 0.15) is 22.8 Å². The molecule has 6 unspecified atom stereocenters. The lowest BCUT2D eigenvalue weighted by molar-refractivity contribution is -0.169. The van der Waals surface area contributed by atoms with Gasteiger partial charge in [-0.1, -0.05) is 62.4 Å². The van der Waals surface area contributed by atoms with E-state index in [1.165, 1.54) is 24.6 Å². The molecule has 0 aromatic heterocycles. The Labute approximate surface area is 242 Å². The lowest BCUT2D eigenvalue weighted by atomic mass is 9.54. The zero-order valence-electron chi connectivity index (χ0n) is 23.7. The number of primary amides is 1. The number of aliphatic hydroxyl groups is 4. The molecule has 3 aliphatic rings. The molecule has 2 aromatic rings. The number of phenolic OH excluding ortho intramolecular Hbond substituents is 1. The molecule has 3 aliphatic carbocycles. The zero-order valence-corrected chi connectivity index (χ0v) is 23.7. The maximum absolute atomic E-state index is 14.1. The van der Waals surface area contributed by atoms with Crippen LogP contribution in [0.25, 0.3) is 17.9 Å². The summed E-state index contributed by atoms with van der Waals surface area (Å²) in [7, 11) is 2.93. The number of carbonyl (C=O) groups excluding carboxylic acids is 3. The largest absolute Gasteiger partial charge is 0.508 e. The Hall–Kier alpha value is -4.25. The number of ketones is 2. The molecule has 0 heterocycles. The van der Waals surface area contributed by atoms with Crippen molar-refractivity contribution in [1.29, 1.82) is 0 Å². The minimum absolute atomic E-state index is 0.0468. The molecule has 10 nitrogen and oxygen atoms in total. The van der Waals surface area contributed by atoms with Gasteiger partial charge in [-0.2, -0.15) is 0 Å². The Morgan fingerprint density at radius 1 is 1.05 bits per heavy atom. The number of aromatic hydroxyl groups is 1. The number of nitrogens with zero attached hydrogens (tertiary/aromatic N) is 1. The number of hydrogen-bond donors (Lipinski definition) is 6. The Balaban J connectivity index is 1.68. The molecule has 6 atom stereocenters. The van der Waals surface area contributed by atoms with Gasteiger partial charge in [-0.3, -0.25) is 19.3 Å². The highest BCUT2D eigenvalue weighted by molar-refractivity contribution is 6.24. The second kappa shape index (κ2) is 10.2. The minimum atomic E-state index is -2.94. The average Bonchev–Trinajstić information content (AvgIpc) is 2.94. The van der Waals surface area contributed by atoms with Crippen LogP contribution in [0.2, 0.25) is 0 Å². The molecule has 0 spiro atoms. The van der Waals surface area contributed by atoms with Crippen molar-refractivity contribution in [1.82, 2.24) is 4.90 Å². The summed E-state index contributed by atoms with van der Waals surface area (Å²) >= 11 is 0. The summed E-state index contributed by atoms with van der Waals surface area (Å²) in [4.78, 5) is 40.8. The van der Waals surface area contributed by atoms with Crippen LogP contribution < -0.4 is 5.73 Å². The zero-order chi connectivity index (χ0) is 30.8. The first-order valence-electron chi connectivity index (χ1n) is 13.7. The van der Waals surface area contributed by atoms with Gasteiger partial charge in [0.05, 0.1) is 23.6 Å². The van der Waals surface area contributed by atoms with Crippen molar-refractivity contribution < 1.29 is 39.9 Å². The maximum atomic E-state index is 14.1. The number of Topliss-reactive ketones (excluding diaryl/α,β-unsaturated/α-hetero) is 2. The first-order valence-corrected chi connectivity index (χ1v) is 13.7. The number of likely N-dealkylation sites (N-methyl/N-ethyl adjacent to an activating group) is 1. The van der Waals surface area contributed by atoms with E-state index in [1.807, 2.05) is 24.3 Å². The number of rotatable bonds is 5. The third kappa shape index (κ3) is 4.01. The number of fused-ring (bicyclic) bond motifs is 3. The van der Waals surface area contributed by atoms with Gasteiger partial charge in [-0.05, 0) is 43.1 Å². The van der Waals surface area contributed by atoms with E-state index in [2.05, 4.69) is 6.92 Å². The van der Waals surface area contributed by atoms with Gasteiger partial charge in [0.2, 0.25) is 5.78 Å². The lowest BCUT2D eigenvalue weighted by Crippen LogP contribution is -2.70. The van der Waals surface area contributed by atoms with Crippen LogP contribution in [0.5, 0.6) is 5.75 Å². The van der Waals surface area contributed by atoms with Crippen LogP contribution in [0.15, 0.2) is 53.3 Å². The van der Waals surface area contributed by atoms with Crippen LogP contribution in [0.3, 0.4) is 0 Å². The number of hydrogen-bond acceptors (Lipinski definition) is 9. The summed E-state index contributed by atoms with van der Waals surface area (Å²) in [6, 6.07) is 9.82. The van der Waals surface area contributed by atoms with Crippen LogP contribution in [-0.4, -0.2) is 79.7 Å². The Bertz CT molecular complexity index is 1600. The first-order chi connectivity index (χ1) is 19.8. The number of phenols is 1. The monoisotopic (exact) mass is 574 g/mol. The van der Waals surface area contributed by atoms with Crippen LogP contribution in [0.1, 0.15) is 47.6 Å². The molecule has 42 heavy (non-hydrogen) atoms. The topological polar surface area (TPSA) is 182 Å². The summed E-state index contributed by atoms with van der Waals surface area (Å²) in [6.45, 7) is 3.75.